The largest absolute Gasteiger partial charge is 0.493 e. The molecule has 0 aliphatic carbocycles. The van der Waals surface area contributed by atoms with E-state index in [0.29, 0.717) is 30.5 Å². The summed E-state index contributed by atoms with van der Waals surface area (Å²) in [5, 5.41) is 0. The first-order valence-electron chi connectivity index (χ1n) is 9.10. The van der Waals surface area contributed by atoms with Gasteiger partial charge in [0.05, 0.1) is 7.11 Å². The minimum Gasteiger partial charge on any atom is -0.493 e. The van der Waals surface area contributed by atoms with Crippen molar-refractivity contribution in [3.8, 4) is 17.2 Å². The van der Waals surface area contributed by atoms with Crippen LogP contribution in [0.15, 0.2) is 92.0 Å². The number of benzene rings is 3. The molecule has 3 aromatic rings. The summed E-state index contributed by atoms with van der Waals surface area (Å²) in [5.74, 6) is 1.93. The predicted molar refractivity (Wildman–Crippen MR) is 114 cm³/mol. The molecule has 0 amide bonds. The standard InChI is InChI=1S/C25H24O3/c1-4-15-27-23-17-24(26-3)25(28-18-20-11-7-5-8-12-20)16-22(23)19(2)21-13-9-6-10-14-21/h4-14,16-17H,1-2,15,18H2,3H3. The number of ether oxygens (including phenoxy) is 3. The fourth-order valence-corrected chi connectivity index (χ4v) is 2.85. The highest BCUT2D eigenvalue weighted by atomic mass is 16.5. The van der Waals surface area contributed by atoms with Crippen LogP contribution < -0.4 is 14.2 Å². The van der Waals surface area contributed by atoms with Crippen LogP contribution in [-0.2, 0) is 6.61 Å². The van der Waals surface area contributed by atoms with Crippen LogP contribution in [0.1, 0.15) is 16.7 Å². The second kappa shape index (κ2) is 9.47. The first-order valence-corrected chi connectivity index (χ1v) is 9.10. The van der Waals surface area contributed by atoms with Crippen molar-refractivity contribution in [3.63, 3.8) is 0 Å². The number of methoxy groups -OCH3 is 1. The molecule has 0 saturated carbocycles. The molecule has 3 aromatic carbocycles. The van der Waals surface area contributed by atoms with Gasteiger partial charge in [-0.15, -0.1) is 0 Å². The highest BCUT2D eigenvalue weighted by Gasteiger charge is 2.16. The lowest BCUT2D eigenvalue weighted by molar-refractivity contribution is 0.282. The van der Waals surface area contributed by atoms with Crippen molar-refractivity contribution in [2.45, 2.75) is 6.61 Å². The third kappa shape index (κ3) is 4.63. The monoisotopic (exact) mass is 372 g/mol. The maximum Gasteiger partial charge on any atom is 0.164 e. The minimum absolute atomic E-state index is 0.391. The average Bonchev–Trinajstić information content (AvgIpc) is 2.76. The Morgan fingerprint density at radius 3 is 2.18 bits per heavy atom. The Morgan fingerprint density at radius 1 is 0.857 bits per heavy atom. The topological polar surface area (TPSA) is 27.7 Å². The van der Waals surface area contributed by atoms with Crippen molar-refractivity contribution in [1.29, 1.82) is 0 Å². The lowest BCUT2D eigenvalue weighted by Gasteiger charge is -2.18. The van der Waals surface area contributed by atoms with Gasteiger partial charge >= 0.3 is 0 Å². The van der Waals surface area contributed by atoms with Crippen molar-refractivity contribution in [2.24, 2.45) is 0 Å². The van der Waals surface area contributed by atoms with E-state index < -0.39 is 0 Å². The van der Waals surface area contributed by atoms with Crippen LogP contribution in [0.25, 0.3) is 5.57 Å². The van der Waals surface area contributed by atoms with Gasteiger partial charge in [-0.25, -0.2) is 0 Å². The Labute approximate surface area is 166 Å². The van der Waals surface area contributed by atoms with Crippen molar-refractivity contribution in [1.82, 2.24) is 0 Å². The van der Waals surface area contributed by atoms with Gasteiger partial charge in [0.1, 0.15) is 19.0 Å². The van der Waals surface area contributed by atoms with Crippen LogP contribution in [0.3, 0.4) is 0 Å². The van der Waals surface area contributed by atoms with Gasteiger partial charge in [0.15, 0.2) is 11.5 Å². The maximum atomic E-state index is 6.06. The number of hydrogen-bond donors (Lipinski definition) is 0. The Bertz CT molecular complexity index is 931. The van der Waals surface area contributed by atoms with Gasteiger partial charge in [0.2, 0.25) is 0 Å². The maximum absolute atomic E-state index is 6.06. The van der Waals surface area contributed by atoms with Crippen molar-refractivity contribution >= 4 is 5.57 Å². The van der Waals surface area contributed by atoms with Gasteiger partial charge in [-0.05, 0) is 22.8 Å². The zero-order chi connectivity index (χ0) is 19.8. The minimum atomic E-state index is 0.391. The molecule has 0 unspecified atom stereocenters. The first kappa shape index (κ1) is 19.3. The van der Waals surface area contributed by atoms with Gasteiger partial charge in [-0.3, -0.25) is 0 Å². The van der Waals surface area contributed by atoms with E-state index in [1.807, 2.05) is 72.8 Å². The summed E-state index contributed by atoms with van der Waals surface area (Å²) in [7, 11) is 1.62. The summed E-state index contributed by atoms with van der Waals surface area (Å²) >= 11 is 0. The van der Waals surface area contributed by atoms with Gasteiger partial charge < -0.3 is 14.2 Å². The zero-order valence-corrected chi connectivity index (χ0v) is 16.1. The lowest BCUT2D eigenvalue weighted by Crippen LogP contribution is -2.02. The molecule has 0 aliphatic heterocycles. The van der Waals surface area contributed by atoms with E-state index in [2.05, 4.69) is 13.2 Å². The number of hydrogen-bond acceptors (Lipinski definition) is 3. The van der Waals surface area contributed by atoms with E-state index >= 15 is 0 Å². The van der Waals surface area contributed by atoms with Crippen LogP contribution >= 0.6 is 0 Å². The molecule has 3 heteroatoms. The van der Waals surface area contributed by atoms with E-state index in [1.165, 1.54) is 0 Å². The summed E-state index contributed by atoms with van der Waals surface area (Å²) < 4.78 is 17.5. The molecule has 0 spiro atoms. The van der Waals surface area contributed by atoms with Crippen LogP contribution in [0.4, 0.5) is 0 Å². The van der Waals surface area contributed by atoms with E-state index in [-0.39, 0.29) is 0 Å². The fourth-order valence-electron chi connectivity index (χ4n) is 2.85. The van der Waals surface area contributed by atoms with E-state index in [4.69, 9.17) is 14.2 Å². The summed E-state index contributed by atoms with van der Waals surface area (Å²) in [5.41, 5.74) is 3.81. The molecule has 0 radical (unpaired) electrons. The molecule has 0 saturated heterocycles. The molecule has 0 aromatic heterocycles. The Hall–Kier alpha value is -3.46. The summed E-state index contributed by atoms with van der Waals surface area (Å²) in [6.45, 7) is 8.84. The van der Waals surface area contributed by atoms with E-state index in [0.717, 1.165) is 22.3 Å². The van der Waals surface area contributed by atoms with Gasteiger partial charge in [0.25, 0.3) is 0 Å². The molecule has 3 rings (SSSR count). The third-order valence-corrected chi connectivity index (χ3v) is 4.31. The molecular weight excluding hydrogens is 348 g/mol. The van der Waals surface area contributed by atoms with Crippen molar-refractivity contribution < 1.29 is 14.2 Å². The number of rotatable bonds is 9. The van der Waals surface area contributed by atoms with Gasteiger partial charge in [-0.2, -0.15) is 0 Å². The highest BCUT2D eigenvalue weighted by Crippen LogP contribution is 2.40. The molecule has 3 nitrogen and oxygen atoms in total. The van der Waals surface area contributed by atoms with E-state index in [1.54, 1.807) is 13.2 Å². The SMILES string of the molecule is C=CCOc1cc(OC)c(OCc2ccccc2)cc1C(=C)c1ccccc1. The highest BCUT2D eigenvalue weighted by molar-refractivity contribution is 5.82. The van der Waals surface area contributed by atoms with Crippen molar-refractivity contribution in [2.75, 3.05) is 13.7 Å². The van der Waals surface area contributed by atoms with Crippen LogP contribution in [0.5, 0.6) is 17.2 Å². The van der Waals surface area contributed by atoms with Crippen LogP contribution in [-0.4, -0.2) is 13.7 Å². The Kier molecular flexibility index (Phi) is 6.53. The lowest BCUT2D eigenvalue weighted by atomic mass is 9.98. The summed E-state index contributed by atoms with van der Waals surface area (Å²) in [6, 6.07) is 23.8. The molecule has 0 fully saturated rings. The smallest absolute Gasteiger partial charge is 0.164 e. The molecule has 0 atom stereocenters. The quantitative estimate of drug-likeness (QED) is 0.438. The molecule has 142 valence electrons. The molecule has 0 heterocycles. The van der Waals surface area contributed by atoms with Crippen molar-refractivity contribution in [3.05, 3.63) is 109 Å². The second-order valence-corrected chi connectivity index (χ2v) is 6.22. The second-order valence-electron chi connectivity index (χ2n) is 6.22. The van der Waals surface area contributed by atoms with Crippen LogP contribution in [0, 0.1) is 0 Å². The molecule has 0 aliphatic rings. The first-order chi connectivity index (χ1) is 13.7. The summed E-state index contributed by atoms with van der Waals surface area (Å²) in [6.07, 6.45) is 1.71. The fraction of sp³-hybridized carbons (Fsp3) is 0.120. The molecule has 0 bridgehead atoms. The molecule has 0 N–H and O–H groups in total. The third-order valence-electron chi connectivity index (χ3n) is 4.31. The Morgan fingerprint density at radius 2 is 1.54 bits per heavy atom. The van der Waals surface area contributed by atoms with Gasteiger partial charge in [0, 0.05) is 11.6 Å². The van der Waals surface area contributed by atoms with Crippen LogP contribution in [0.2, 0.25) is 0 Å². The summed E-state index contributed by atoms with van der Waals surface area (Å²) in [4.78, 5) is 0. The molecular formula is C25H24O3. The van der Waals surface area contributed by atoms with Gasteiger partial charge in [-0.1, -0.05) is 79.9 Å². The predicted octanol–water partition coefficient (Wildman–Crippen LogP) is 5.90. The average molecular weight is 372 g/mol. The zero-order valence-electron chi connectivity index (χ0n) is 16.1. The Balaban J connectivity index is 1.97. The normalized spacial score (nSPS) is 10.2. The molecule has 28 heavy (non-hydrogen) atoms. The van der Waals surface area contributed by atoms with E-state index in [9.17, 15) is 0 Å².